The molecule has 0 bridgehead atoms. The van der Waals surface area contributed by atoms with Gasteiger partial charge in [-0.05, 0) is 56.2 Å². The van der Waals surface area contributed by atoms with Gasteiger partial charge in [0.2, 0.25) is 0 Å². The second kappa shape index (κ2) is 16.5. The molecular weight excluding hydrogens is 460 g/mol. The molecule has 0 aromatic heterocycles. The van der Waals surface area contributed by atoms with Crippen LogP contribution in [0.5, 0.6) is 11.5 Å². The number of hydrogen-bond acceptors (Lipinski definition) is 8. The maximum Gasteiger partial charge on any atom is 0.108 e. The maximum atomic E-state index is 11.0. The van der Waals surface area contributed by atoms with E-state index < -0.39 is 0 Å². The number of benzene rings is 4. The van der Waals surface area contributed by atoms with Crippen LogP contribution >= 0.6 is 0 Å². The van der Waals surface area contributed by atoms with E-state index in [1.807, 2.05) is 0 Å². The molecule has 0 heterocycles. The van der Waals surface area contributed by atoms with Gasteiger partial charge in [0.1, 0.15) is 11.4 Å². The molecule has 0 unspecified atom stereocenters. The minimum Gasteiger partial charge on any atom is -0.872 e. The average molecular weight is 482 g/mol. The Kier molecular flexibility index (Phi) is 14.9. The number of fused-ring (bicyclic) bond motifs is 2. The summed E-state index contributed by atoms with van der Waals surface area (Å²) in [5, 5.41) is 48.8. The zero-order chi connectivity index (χ0) is 23.9. The molecule has 4 aromatic rings. The van der Waals surface area contributed by atoms with Crippen molar-refractivity contribution in [2.75, 3.05) is 13.2 Å². The summed E-state index contributed by atoms with van der Waals surface area (Å²) in [7, 11) is 0. The van der Waals surface area contributed by atoms with Crippen molar-refractivity contribution in [2.24, 2.45) is 10.4 Å². The third kappa shape index (κ3) is 10.3. The van der Waals surface area contributed by atoms with Crippen molar-refractivity contribution in [2.45, 2.75) is 13.8 Å². The van der Waals surface area contributed by atoms with Crippen LogP contribution < -0.4 is 20.4 Å². The minimum absolute atomic E-state index is 0. The van der Waals surface area contributed by atoms with Gasteiger partial charge in [-0.3, -0.25) is 0 Å². The van der Waals surface area contributed by atoms with Crippen molar-refractivity contribution in [3.8, 4) is 11.5 Å². The molecule has 172 valence electrons. The molecule has 0 radical (unpaired) electrons. The molecule has 0 N–H and O–H groups in total. The summed E-state index contributed by atoms with van der Waals surface area (Å²) in [6, 6.07) is 19.3. The molecule has 8 nitrogen and oxygen atoms in total. The Hall–Kier alpha value is -3.17. The van der Waals surface area contributed by atoms with E-state index in [0.717, 1.165) is 21.5 Å². The van der Waals surface area contributed by atoms with E-state index in [2.05, 4.69) is 10.4 Å². The van der Waals surface area contributed by atoms with Crippen molar-refractivity contribution in [1.82, 2.24) is 0 Å². The summed E-state index contributed by atoms with van der Waals surface area (Å²) in [6.07, 6.45) is 0. The van der Waals surface area contributed by atoms with E-state index >= 15 is 0 Å². The van der Waals surface area contributed by atoms with Crippen molar-refractivity contribution < 1.29 is 42.1 Å². The zero-order valence-corrected chi connectivity index (χ0v) is 19.7. The van der Waals surface area contributed by atoms with Gasteiger partial charge in [-0.2, -0.15) is 0 Å². The molecule has 0 aliphatic heterocycles. The maximum absolute atomic E-state index is 11.0. The van der Waals surface area contributed by atoms with Crippen LogP contribution in [0, 0.1) is 9.81 Å². The van der Waals surface area contributed by atoms with E-state index in [4.69, 9.17) is 10.2 Å². The van der Waals surface area contributed by atoms with E-state index in [1.54, 1.807) is 62.4 Å². The smallest absolute Gasteiger partial charge is 0.108 e. The Labute approximate surface area is 206 Å². The SMILES string of the molecule is CC[O-].CC[O-].O=Nc1ccc2cc([O-])ccc2c1.O=Nc1ccc2cc([O-])ccc2c1.[Ti]. The third-order valence-corrected chi connectivity index (χ3v) is 3.80. The summed E-state index contributed by atoms with van der Waals surface area (Å²) in [6.45, 7) is 3.14. The van der Waals surface area contributed by atoms with Crippen molar-refractivity contribution in [3.05, 3.63) is 82.6 Å². The van der Waals surface area contributed by atoms with Gasteiger partial charge in [0, 0.05) is 21.7 Å². The Morgan fingerprint density at radius 3 is 1.15 bits per heavy atom. The fraction of sp³-hybridized carbons (Fsp3) is 0.167. The van der Waals surface area contributed by atoms with E-state index in [1.165, 1.54) is 24.3 Å². The number of nitrogens with zero attached hydrogens (tertiary/aromatic N) is 2. The summed E-state index contributed by atoms with van der Waals surface area (Å²) in [5.41, 5.74) is 0.761. The predicted octanol–water partition coefficient (Wildman–Crippen LogP) is 3.35. The first kappa shape index (κ1) is 29.8. The molecule has 0 spiro atoms. The van der Waals surface area contributed by atoms with Gasteiger partial charge < -0.3 is 20.4 Å². The first-order valence-electron chi connectivity index (χ1n) is 9.66. The standard InChI is InChI=1S/2C10H7NO2.2C2H5O.Ti/c2*12-10-4-2-7-5-9(11-13)3-1-8(7)6-10;2*1-2-3;/h2*1-6,12H;2*2H2,1H3;/q;;2*-1;/p-2. The largest absolute Gasteiger partial charge is 0.872 e. The Morgan fingerprint density at radius 2 is 0.848 bits per heavy atom. The Bertz CT molecular complexity index is 1060. The van der Waals surface area contributed by atoms with Gasteiger partial charge in [0.15, 0.2) is 0 Å². The summed E-state index contributed by atoms with van der Waals surface area (Å²) >= 11 is 0. The molecule has 4 aromatic carbocycles. The van der Waals surface area contributed by atoms with Crippen molar-refractivity contribution in [3.63, 3.8) is 0 Å². The molecular formula is C24H22N2O6Ti-4. The van der Waals surface area contributed by atoms with Crippen LogP contribution in [-0.2, 0) is 21.7 Å². The van der Waals surface area contributed by atoms with Crippen LogP contribution in [0.4, 0.5) is 11.4 Å². The van der Waals surface area contributed by atoms with Gasteiger partial charge in [-0.1, -0.05) is 62.4 Å². The predicted molar refractivity (Wildman–Crippen MR) is 119 cm³/mol. The van der Waals surface area contributed by atoms with Crippen LogP contribution in [0.15, 0.2) is 83.2 Å². The quantitative estimate of drug-likeness (QED) is 0.316. The average Bonchev–Trinajstić information content (AvgIpc) is 2.80. The van der Waals surface area contributed by atoms with Gasteiger partial charge in [-0.25, -0.2) is 0 Å². The second-order valence-electron chi connectivity index (χ2n) is 6.15. The third-order valence-electron chi connectivity index (χ3n) is 3.80. The molecule has 0 atom stereocenters. The molecule has 0 saturated heterocycles. The topological polar surface area (TPSA) is 151 Å². The van der Waals surface area contributed by atoms with Crippen molar-refractivity contribution >= 4 is 32.9 Å². The van der Waals surface area contributed by atoms with Crippen LogP contribution in [0.1, 0.15) is 13.8 Å². The van der Waals surface area contributed by atoms with Crippen molar-refractivity contribution in [1.29, 1.82) is 0 Å². The summed E-state index contributed by atoms with van der Waals surface area (Å²) in [4.78, 5) is 20.4. The molecule has 33 heavy (non-hydrogen) atoms. The summed E-state index contributed by atoms with van der Waals surface area (Å²) in [5.74, 6) is -0.0568. The van der Waals surface area contributed by atoms with Crippen LogP contribution in [0.3, 0.4) is 0 Å². The molecule has 0 fully saturated rings. The molecule has 4 rings (SSSR count). The Balaban J connectivity index is 0.000000491. The molecule has 9 heteroatoms. The molecule has 0 saturated carbocycles. The summed E-state index contributed by atoms with van der Waals surface area (Å²) < 4.78 is 0. The van der Waals surface area contributed by atoms with Gasteiger partial charge in [-0.15, -0.1) is 34.5 Å². The normalized spacial score (nSPS) is 9.09. The number of rotatable bonds is 2. The van der Waals surface area contributed by atoms with Crippen LogP contribution in [0.25, 0.3) is 21.5 Å². The van der Waals surface area contributed by atoms with Crippen LogP contribution in [0.2, 0.25) is 0 Å². The van der Waals surface area contributed by atoms with Gasteiger partial charge in [0.25, 0.3) is 0 Å². The molecule has 0 aliphatic carbocycles. The fourth-order valence-corrected chi connectivity index (χ4v) is 2.54. The second-order valence-corrected chi connectivity index (χ2v) is 6.15. The van der Waals surface area contributed by atoms with E-state index in [-0.39, 0.29) is 46.4 Å². The fourth-order valence-electron chi connectivity index (χ4n) is 2.54. The molecule has 0 amide bonds. The van der Waals surface area contributed by atoms with E-state index in [9.17, 15) is 20.0 Å². The minimum atomic E-state index is -0.0284. The zero-order valence-electron chi connectivity index (χ0n) is 18.2. The first-order chi connectivity index (χ1) is 15.4. The van der Waals surface area contributed by atoms with E-state index in [0.29, 0.717) is 11.4 Å². The molecule has 0 aliphatic rings. The first-order valence-corrected chi connectivity index (χ1v) is 9.66. The van der Waals surface area contributed by atoms with Crippen LogP contribution in [-0.4, -0.2) is 13.2 Å². The number of nitroso groups, excluding NO2 is 2. The Morgan fingerprint density at radius 1 is 0.576 bits per heavy atom. The van der Waals surface area contributed by atoms with Gasteiger partial charge in [0.05, 0.1) is 0 Å². The monoisotopic (exact) mass is 482 g/mol. The van der Waals surface area contributed by atoms with Gasteiger partial charge >= 0.3 is 0 Å². The number of hydrogen-bond donors (Lipinski definition) is 0.